The summed E-state index contributed by atoms with van der Waals surface area (Å²) in [6, 6.07) is 1.58. The molecule has 0 spiro atoms. The summed E-state index contributed by atoms with van der Waals surface area (Å²) in [6.07, 6.45) is 0. The van der Waals surface area contributed by atoms with Crippen molar-refractivity contribution >= 4 is 11.7 Å². The standard InChI is InChI=1S/C14H11F3N2O3.C2H6/c1-5-3-8(16)6(4-7(5)15)11-9(17)10(18)13(22-2)12(19-11)14(20)21;1-2/h3-4H,1-2H3,(H2,18,19)(H,20,21);1-2H3. The van der Waals surface area contributed by atoms with Crippen LogP contribution in [0.2, 0.25) is 0 Å². The Morgan fingerprint density at radius 3 is 2.29 bits per heavy atom. The van der Waals surface area contributed by atoms with Crippen LogP contribution < -0.4 is 10.5 Å². The molecule has 0 unspecified atom stereocenters. The zero-order valence-electron chi connectivity index (χ0n) is 13.6. The van der Waals surface area contributed by atoms with Gasteiger partial charge in [-0.15, -0.1) is 0 Å². The number of carboxylic acids is 1. The Balaban J connectivity index is 0.00000139. The third kappa shape index (κ3) is 3.42. The van der Waals surface area contributed by atoms with Gasteiger partial charge in [0.05, 0.1) is 7.11 Å². The lowest BCUT2D eigenvalue weighted by atomic mass is 10.1. The van der Waals surface area contributed by atoms with Crippen LogP contribution in [0.4, 0.5) is 18.9 Å². The second-order valence-electron chi connectivity index (χ2n) is 4.46. The number of carbonyl (C=O) groups is 1. The summed E-state index contributed by atoms with van der Waals surface area (Å²) in [5.41, 5.74) is 2.91. The molecule has 0 bridgehead atoms. The van der Waals surface area contributed by atoms with Gasteiger partial charge in [-0.3, -0.25) is 0 Å². The van der Waals surface area contributed by atoms with Crippen molar-refractivity contribution in [2.45, 2.75) is 20.8 Å². The summed E-state index contributed by atoms with van der Waals surface area (Å²) in [4.78, 5) is 14.7. The zero-order valence-corrected chi connectivity index (χ0v) is 13.6. The fourth-order valence-electron chi connectivity index (χ4n) is 1.92. The number of hydrogen-bond donors (Lipinski definition) is 2. The highest BCUT2D eigenvalue weighted by atomic mass is 19.1. The van der Waals surface area contributed by atoms with E-state index in [1.165, 1.54) is 6.92 Å². The monoisotopic (exact) mass is 342 g/mol. The lowest BCUT2D eigenvalue weighted by molar-refractivity contribution is 0.0686. The van der Waals surface area contributed by atoms with Crippen LogP contribution in [-0.2, 0) is 0 Å². The Kier molecular flexibility index (Phi) is 6.16. The molecule has 0 aliphatic heterocycles. The fraction of sp³-hybridized carbons (Fsp3) is 0.250. The van der Waals surface area contributed by atoms with Crippen LogP contribution in [-0.4, -0.2) is 23.2 Å². The first kappa shape index (κ1) is 19.3. The minimum atomic E-state index is -1.54. The van der Waals surface area contributed by atoms with Crippen LogP contribution in [0.1, 0.15) is 29.9 Å². The van der Waals surface area contributed by atoms with Crippen molar-refractivity contribution in [1.29, 1.82) is 0 Å². The number of carboxylic acid groups (broad SMARTS) is 1. The van der Waals surface area contributed by atoms with Gasteiger partial charge in [0.25, 0.3) is 0 Å². The molecule has 24 heavy (non-hydrogen) atoms. The first-order valence-corrected chi connectivity index (χ1v) is 7.00. The third-order valence-electron chi connectivity index (χ3n) is 3.04. The summed E-state index contributed by atoms with van der Waals surface area (Å²) < 4.78 is 46.5. The third-order valence-corrected chi connectivity index (χ3v) is 3.04. The Morgan fingerprint density at radius 2 is 1.79 bits per heavy atom. The molecule has 2 aromatic rings. The van der Waals surface area contributed by atoms with Crippen molar-refractivity contribution in [1.82, 2.24) is 4.98 Å². The van der Waals surface area contributed by atoms with E-state index in [4.69, 9.17) is 15.6 Å². The second kappa shape index (κ2) is 7.67. The van der Waals surface area contributed by atoms with Gasteiger partial charge in [0, 0.05) is 5.56 Å². The maximum atomic E-state index is 14.2. The molecule has 0 saturated carbocycles. The molecular formula is C16H17F3N2O3. The number of pyridine rings is 1. The highest BCUT2D eigenvalue weighted by Crippen LogP contribution is 2.35. The van der Waals surface area contributed by atoms with Crippen LogP contribution in [0.15, 0.2) is 12.1 Å². The molecule has 8 heteroatoms. The molecule has 0 aliphatic rings. The fourth-order valence-corrected chi connectivity index (χ4v) is 1.92. The summed E-state index contributed by atoms with van der Waals surface area (Å²) in [5.74, 6) is -4.96. The number of halogens is 3. The SMILES string of the molecule is CC.COc1c(C(=O)O)nc(-c2cc(F)c(C)cc2F)c(F)c1N. The molecular weight excluding hydrogens is 325 g/mol. The number of ether oxygens (including phenoxy) is 1. The summed E-state index contributed by atoms with van der Waals surface area (Å²) in [5, 5.41) is 9.06. The number of aromatic carboxylic acids is 1. The van der Waals surface area contributed by atoms with Crippen molar-refractivity contribution in [3.8, 4) is 17.0 Å². The molecule has 0 atom stereocenters. The van der Waals surface area contributed by atoms with Crippen LogP contribution in [0.3, 0.4) is 0 Å². The summed E-state index contributed by atoms with van der Waals surface area (Å²) >= 11 is 0. The van der Waals surface area contributed by atoms with Crippen LogP contribution >= 0.6 is 0 Å². The van der Waals surface area contributed by atoms with E-state index < -0.39 is 51.8 Å². The van der Waals surface area contributed by atoms with Crippen molar-refractivity contribution in [3.63, 3.8) is 0 Å². The van der Waals surface area contributed by atoms with E-state index in [2.05, 4.69) is 4.98 Å². The number of nitrogens with two attached hydrogens (primary N) is 1. The molecule has 2 rings (SSSR count). The topological polar surface area (TPSA) is 85.4 Å². The number of methoxy groups -OCH3 is 1. The predicted molar refractivity (Wildman–Crippen MR) is 83.6 cm³/mol. The van der Waals surface area contributed by atoms with Gasteiger partial charge in [0.1, 0.15) is 23.0 Å². The quantitative estimate of drug-likeness (QED) is 0.886. The van der Waals surface area contributed by atoms with Gasteiger partial charge in [-0.1, -0.05) is 13.8 Å². The zero-order chi connectivity index (χ0) is 18.6. The molecule has 3 N–H and O–H groups in total. The molecule has 130 valence electrons. The van der Waals surface area contributed by atoms with E-state index in [-0.39, 0.29) is 5.56 Å². The van der Waals surface area contributed by atoms with Crippen LogP contribution in [0.25, 0.3) is 11.3 Å². The predicted octanol–water partition coefficient (Wildman–Crippen LogP) is 3.79. The highest BCUT2D eigenvalue weighted by molar-refractivity contribution is 5.92. The van der Waals surface area contributed by atoms with E-state index in [9.17, 15) is 18.0 Å². The molecule has 5 nitrogen and oxygen atoms in total. The second-order valence-corrected chi connectivity index (χ2v) is 4.46. The first-order valence-electron chi connectivity index (χ1n) is 7.00. The average molecular weight is 342 g/mol. The smallest absolute Gasteiger partial charge is 0.358 e. The Hall–Kier alpha value is -2.77. The van der Waals surface area contributed by atoms with E-state index in [1.54, 1.807) is 0 Å². The van der Waals surface area contributed by atoms with Gasteiger partial charge >= 0.3 is 5.97 Å². The number of aromatic nitrogens is 1. The van der Waals surface area contributed by atoms with Gasteiger partial charge in [0.15, 0.2) is 17.3 Å². The van der Waals surface area contributed by atoms with E-state index in [1.807, 2.05) is 13.8 Å². The van der Waals surface area contributed by atoms with Crippen molar-refractivity contribution < 1.29 is 27.8 Å². The number of benzene rings is 1. The Bertz CT molecular complexity index is 780. The molecule has 1 aromatic heterocycles. The van der Waals surface area contributed by atoms with Gasteiger partial charge in [-0.05, 0) is 24.6 Å². The lowest BCUT2D eigenvalue weighted by Gasteiger charge is -2.13. The largest absolute Gasteiger partial charge is 0.492 e. The average Bonchev–Trinajstić information content (AvgIpc) is 2.55. The lowest BCUT2D eigenvalue weighted by Crippen LogP contribution is -2.11. The van der Waals surface area contributed by atoms with Gasteiger partial charge in [-0.25, -0.2) is 22.9 Å². The number of hydrogen-bond acceptors (Lipinski definition) is 4. The number of rotatable bonds is 3. The minimum Gasteiger partial charge on any atom is -0.492 e. The van der Waals surface area contributed by atoms with Crippen LogP contribution in [0, 0.1) is 24.4 Å². The molecule has 0 fully saturated rings. The van der Waals surface area contributed by atoms with Gasteiger partial charge in [-0.2, -0.15) is 0 Å². The maximum absolute atomic E-state index is 14.2. The number of nitrogens with zero attached hydrogens (tertiary/aromatic N) is 1. The molecule has 1 heterocycles. The normalized spacial score (nSPS) is 9.96. The number of aryl methyl sites for hydroxylation is 1. The molecule has 0 radical (unpaired) electrons. The van der Waals surface area contributed by atoms with Crippen molar-refractivity contribution in [2.75, 3.05) is 12.8 Å². The highest BCUT2D eigenvalue weighted by Gasteiger charge is 2.25. The van der Waals surface area contributed by atoms with E-state index in [0.717, 1.165) is 19.2 Å². The van der Waals surface area contributed by atoms with Gasteiger partial charge < -0.3 is 15.6 Å². The number of nitrogen functional groups attached to an aromatic ring is 1. The van der Waals surface area contributed by atoms with E-state index >= 15 is 0 Å². The Morgan fingerprint density at radius 1 is 1.21 bits per heavy atom. The Labute approximate surface area is 136 Å². The van der Waals surface area contributed by atoms with Crippen LogP contribution in [0.5, 0.6) is 5.75 Å². The number of anilines is 1. The van der Waals surface area contributed by atoms with Crippen molar-refractivity contribution in [3.05, 3.63) is 40.8 Å². The van der Waals surface area contributed by atoms with Gasteiger partial charge in [0.2, 0.25) is 0 Å². The summed E-state index contributed by atoms with van der Waals surface area (Å²) in [6.45, 7) is 5.33. The molecule has 0 aliphatic carbocycles. The molecule has 0 amide bonds. The minimum absolute atomic E-state index is 0.0154. The van der Waals surface area contributed by atoms with Crippen molar-refractivity contribution in [2.24, 2.45) is 0 Å². The maximum Gasteiger partial charge on any atom is 0.358 e. The first-order chi connectivity index (χ1) is 11.3. The van der Waals surface area contributed by atoms with E-state index in [0.29, 0.717) is 0 Å². The molecule has 1 aromatic carbocycles. The summed E-state index contributed by atoms with van der Waals surface area (Å²) in [7, 11) is 1.09. The molecule has 0 saturated heterocycles.